The summed E-state index contributed by atoms with van der Waals surface area (Å²) >= 11 is 0. The summed E-state index contributed by atoms with van der Waals surface area (Å²) in [5.41, 5.74) is 7.03. The molecule has 1 amide bonds. The molecule has 0 bridgehead atoms. The molecule has 2 rings (SSSR count). The number of nitrogens with two attached hydrogens (primary N) is 1. The highest BCUT2D eigenvalue weighted by Gasteiger charge is 2.11. The number of anilines is 2. The van der Waals surface area contributed by atoms with E-state index in [4.69, 9.17) is 5.73 Å². The van der Waals surface area contributed by atoms with Crippen LogP contribution < -0.4 is 11.1 Å². The highest BCUT2D eigenvalue weighted by atomic mass is 16.3. The van der Waals surface area contributed by atoms with Crippen LogP contribution in [0.2, 0.25) is 0 Å². The first-order valence-electron chi connectivity index (χ1n) is 5.53. The van der Waals surface area contributed by atoms with Crippen molar-refractivity contribution < 1.29 is 15.0 Å². The number of phenolic OH excluding ortho intramolecular Hbond substituents is 2. The number of rotatable bonds is 2. The quantitative estimate of drug-likeness (QED) is 0.613. The molecule has 19 heavy (non-hydrogen) atoms. The number of pyridine rings is 1. The van der Waals surface area contributed by atoms with Gasteiger partial charge >= 0.3 is 0 Å². The highest BCUT2D eigenvalue weighted by molar-refractivity contribution is 6.04. The molecule has 0 unspecified atom stereocenters. The van der Waals surface area contributed by atoms with E-state index >= 15 is 0 Å². The molecule has 1 aromatic carbocycles. The van der Waals surface area contributed by atoms with E-state index in [9.17, 15) is 15.0 Å². The third-order valence-electron chi connectivity index (χ3n) is 2.57. The molecule has 0 fully saturated rings. The first-order valence-corrected chi connectivity index (χ1v) is 5.53. The molecular formula is C13H13N3O3. The summed E-state index contributed by atoms with van der Waals surface area (Å²) in [5.74, 6) is -0.671. The van der Waals surface area contributed by atoms with Crippen LogP contribution in [0.4, 0.5) is 11.5 Å². The summed E-state index contributed by atoms with van der Waals surface area (Å²) in [6.07, 6.45) is 1.44. The Morgan fingerprint density at radius 3 is 2.63 bits per heavy atom. The van der Waals surface area contributed by atoms with Gasteiger partial charge in [0.15, 0.2) is 11.5 Å². The molecule has 0 saturated heterocycles. The Kier molecular flexibility index (Phi) is 3.24. The number of hydrogen-bond acceptors (Lipinski definition) is 5. The number of aryl methyl sites for hydroxylation is 1. The third-order valence-corrected chi connectivity index (χ3v) is 2.57. The first-order chi connectivity index (χ1) is 8.97. The molecule has 1 heterocycles. The number of carbonyl (C=O) groups excluding carboxylic acids is 1. The van der Waals surface area contributed by atoms with Crippen molar-refractivity contribution in [3.63, 3.8) is 0 Å². The van der Waals surface area contributed by atoms with Crippen molar-refractivity contribution in [2.75, 3.05) is 11.1 Å². The second-order valence-corrected chi connectivity index (χ2v) is 4.09. The van der Waals surface area contributed by atoms with Gasteiger partial charge in [0.05, 0.1) is 11.9 Å². The number of aromatic hydroxyl groups is 2. The first kappa shape index (κ1) is 12.7. The minimum atomic E-state index is -0.435. The second-order valence-electron chi connectivity index (χ2n) is 4.09. The van der Waals surface area contributed by atoms with Gasteiger partial charge in [0, 0.05) is 5.56 Å². The van der Waals surface area contributed by atoms with Gasteiger partial charge in [0.2, 0.25) is 0 Å². The zero-order chi connectivity index (χ0) is 14.0. The number of phenols is 2. The zero-order valence-corrected chi connectivity index (χ0v) is 10.2. The van der Waals surface area contributed by atoms with Gasteiger partial charge in [-0.25, -0.2) is 4.98 Å². The SMILES string of the molecule is Cc1cc(N)cnc1NC(=O)c1ccc(O)c(O)c1. The standard InChI is InChI=1S/C13H13N3O3/c1-7-4-9(14)6-15-12(7)16-13(19)8-2-3-10(17)11(18)5-8/h2-6,17-18H,14H2,1H3,(H,15,16,19). The largest absolute Gasteiger partial charge is 0.504 e. The van der Waals surface area contributed by atoms with E-state index in [2.05, 4.69) is 10.3 Å². The van der Waals surface area contributed by atoms with Crippen molar-refractivity contribution >= 4 is 17.4 Å². The Morgan fingerprint density at radius 1 is 1.26 bits per heavy atom. The molecule has 0 aliphatic rings. The Balaban J connectivity index is 2.23. The predicted molar refractivity (Wildman–Crippen MR) is 71.1 cm³/mol. The van der Waals surface area contributed by atoms with Gasteiger partial charge in [0.25, 0.3) is 5.91 Å². The van der Waals surface area contributed by atoms with Crippen molar-refractivity contribution in [3.05, 3.63) is 41.6 Å². The van der Waals surface area contributed by atoms with Crippen LogP contribution in [0.25, 0.3) is 0 Å². The molecule has 0 aliphatic carbocycles. The minimum Gasteiger partial charge on any atom is -0.504 e. The molecule has 0 aliphatic heterocycles. The molecule has 2 aromatic rings. The lowest BCUT2D eigenvalue weighted by Crippen LogP contribution is -2.14. The predicted octanol–water partition coefficient (Wildman–Crippen LogP) is 1.64. The lowest BCUT2D eigenvalue weighted by atomic mass is 10.2. The van der Waals surface area contributed by atoms with Gasteiger partial charge < -0.3 is 21.3 Å². The van der Waals surface area contributed by atoms with Crippen molar-refractivity contribution in [2.45, 2.75) is 6.92 Å². The Hall–Kier alpha value is -2.76. The van der Waals surface area contributed by atoms with Gasteiger partial charge in [-0.2, -0.15) is 0 Å². The number of carbonyl (C=O) groups is 1. The van der Waals surface area contributed by atoms with Crippen molar-refractivity contribution in [2.24, 2.45) is 0 Å². The summed E-state index contributed by atoms with van der Waals surface area (Å²) in [6, 6.07) is 5.51. The Bertz CT molecular complexity index is 641. The Morgan fingerprint density at radius 2 is 2.00 bits per heavy atom. The third kappa shape index (κ3) is 2.74. The molecule has 0 atom stereocenters. The van der Waals surface area contributed by atoms with E-state index in [0.29, 0.717) is 11.5 Å². The van der Waals surface area contributed by atoms with Crippen LogP contribution in [0.3, 0.4) is 0 Å². The monoisotopic (exact) mass is 259 g/mol. The molecule has 6 nitrogen and oxygen atoms in total. The van der Waals surface area contributed by atoms with E-state index in [1.54, 1.807) is 13.0 Å². The van der Waals surface area contributed by atoms with Crippen molar-refractivity contribution in [1.82, 2.24) is 4.98 Å². The van der Waals surface area contributed by atoms with Gasteiger partial charge in [0.1, 0.15) is 5.82 Å². The van der Waals surface area contributed by atoms with Gasteiger partial charge in [-0.1, -0.05) is 0 Å². The van der Waals surface area contributed by atoms with Crippen LogP contribution in [-0.4, -0.2) is 21.1 Å². The fourth-order valence-electron chi connectivity index (χ4n) is 1.57. The van der Waals surface area contributed by atoms with E-state index in [1.807, 2.05) is 0 Å². The van der Waals surface area contributed by atoms with Crippen LogP contribution >= 0.6 is 0 Å². The van der Waals surface area contributed by atoms with E-state index in [1.165, 1.54) is 24.4 Å². The molecular weight excluding hydrogens is 246 g/mol. The maximum atomic E-state index is 11.9. The van der Waals surface area contributed by atoms with E-state index in [0.717, 1.165) is 5.56 Å². The highest BCUT2D eigenvalue weighted by Crippen LogP contribution is 2.25. The summed E-state index contributed by atoms with van der Waals surface area (Å²) in [5, 5.41) is 21.1. The van der Waals surface area contributed by atoms with E-state index in [-0.39, 0.29) is 17.1 Å². The molecule has 0 radical (unpaired) electrons. The smallest absolute Gasteiger partial charge is 0.256 e. The van der Waals surface area contributed by atoms with Crippen LogP contribution in [-0.2, 0) is 0 Å². The topological polar surface area (TPSA) is 108 Å². The van der Waals surface area contributed by atoms with Gasteiger partial charge in [-0.3, -0.25) is 4.79 Å². The van der Waals surface area contributed by atoms with Gasteiger partial charge in [-0.05, 0) is 36.8 Å². The number of nitrogens with one attached hydrogen (secondary N) is 1. The number of amides is 1. The Labute approximate surface area is 109 Å². The lowest BCUT2D eigenvalue weighted by Gasteiger charge is -2.08. The molecule has 98 valence electrons. The number of hydrogen-bond donors (Lipinski definition) is 4. The fraction of sp³-hybridized carbons (Fsp3) is 0.0769. The number of benzene rings is 1. The average molecular weight is 259 g/mol. The van der Waals surface area contributed by atoms with Crippen molar-refractivity contribution in [1.29, 1.82) is 0 Å². The fourth-order valence-corrected chi connectivity index (χ4v) is 1.57. The van der Waals surface area contributed by atoms with Crippen molar-refractivity contribution in [3.8, 4) is 11.5 Å². The van der Waals surface area contributed by atoms with Gasteiger partial charge in [-0.15, -0.1) is 0 Å². The van der Waals surface area contributed by atoms with Crippen LogP contribution in [0.5, 0.6) is 11.5 Å². The second kappa shape index (κ2) is 4.85. The molecule has 5 N–H and O–H groups in total. The maximum absolute atomic E-state index is 11.9. The number of nitrogen functional groups attached to an aromatic ring is 1. The van der Waals surface area contributed by atoms with Crippen LogP contribution in [0.15, 0.2) is 30.5 Å². The summed E-state index contributed by atoms with van der Waals surface area (Å²) in [6.45, 7) is 1.77. The minimum absolute atomic E-state index is 0.216. The van der Waals surface area contributed by atoms with E-state index < -0.39 is 5.91 Å². The van der Waals surface area contributed by atoms with Crippen LogP contribution in [0, 0.1) is 6.92 Å². The zero-order valence-electron chi connectivity index (χ0n) is 10.2. The average Bonchev–Trinajstić information content (AvgIpc) is 2.36. The normalized spacial score (nSPS) is 10.2. The summed E-state index contributed by atoms with van der Waals surface area (Å²) in [7, 11) is 0. The number of aromatic nitrogens is 1. The van der Waals surface area contributed by atoms with Crippen LogP contribution in [0.1, 0.15) is 15.9 Å². The molecule has 6 heteroatoms. The molecule has 0 spiro atoms. The molecule has 0 saturated carbocycles. The summed E-state index contributed by atoms with van der Waals surface area (Å²) < 4.78 is 0. The lowest BCUT2D eigenvalue weighted by molar-refractivity contribution is 0.102. The summed E-state index contributed by atoms with van der Waals surface area (Å²) in [4.78, 5) is 16.0. The maximum Gasteiger partial charge on any atom is 0.256 e. The molecule has 1 aromatic heterocycles. The number of nitrogens with zero attached hydrogens (tertiary/aromatic N) is 1.